The van der Waals surface area contributed by atoms with Crippen molar-refractivity contribution in [2.75, 3.05) is 5.32 Å². The maximum atomic E-state index is 13.0. The summed E-state index contributed by atoms with van der Waals surface area (Å²) in [5.74, 6) is -0.426. The van der Waals surface area contributed by atoms with Crippen molar-refractivity contribution in [1.82, 2.24) is 10.6 Å². The van der Waals surface area contributed by atoms with E-state index in [1.165, 1.54) is 0 Å². The molecule has 0 saturated carbocycles. The molecule has 3 N–H and O–H groups in total. The van der Waals surface area contributed by atoms with E-state index in [4.69, 9.17) is 27.9 Å². The second kappa shape index (κ2) is 6.07. The smallest absolute Gasteiger partial charge is 0.318 e. The summed E-state index contributed by atoms with van der Waals surface area (Å²) in [6, 6.07) is 11.0. The molecule has 1 saturated heterocycles. The van der Waals surface area contributed by atoms with Crippen LogP contribution >= 0.6 is 23.2 Å². The van der Waals surface area contributed by atoms with Crippen molar-refractivity contribution in [3.05, 3.63) is 58.1 Å². The lowest BCUT2D eigenvalue weighted by Crippen LogP contribution is -2.70. The zero-order valence-electron chi connectivity index (χ0n) is 13.7. The number of amides is 3. The van der Waals surface area contributed by atoms with Crippen LogP contribution in [-0.4, -0.2) is 17.7 Å². The first-order valence-corrected chi connectivity index (χ1v) is 8.75. The summed E-state index contributed by atoms with van der Waals surface area (Å²) in [6.45, 7) is 1.68. The van der Waals surface area contributed by atoms with E-state index in [1.807, 2.05) is 0 Å². The number of hydrogen-bond acceptors (Lipinski definition) is 3. The summed E-state index contributed by atoms with van der Waals surface area (Å²) in [6.07, 6.45) is 0. The summed E-state index contributed by atoms with van der Waals surface area (Å²) in [4.78, 5) is 25.1. The Hall–Kier alpha value is -2.44. The summed E-state index contributed by atoms with van der Waals surface area (Å²) >= 11 is 12.0. The van der Waals surface area contributed by atoms with Crippen LogP contribution in [0.5, 0.6) is 5.75 Å². The number of fused-ring (bicyclic) bond motifs is 4. The van der Waals surface area contributed by atoms with Crippen molar-refractivity contribution < 1.29 is 14.3 Å². The van der Waals surface area contributed by atoms with Gasteiger partial charge in [-0.15, -0.1) is 0 Å². The van der Waals surface area contributed by atoms with Gasteiger partial charge in [0.2, 0.25) is 5.91 Å². The molecule has 3 atom stereocenters. The first kappa shape index (κ1) is 17.0. The van der Waals surface area contributed by atoms with E-state index in [9.17, 15) is 9.59 Å². The minimum Gasteiger partial charge on any atom is -0.467 e. The summed E-state index contributed by atoms with van der Waals surface area (Å²) in [7, 11) is 0. The number of urea groups is 1. The predicted molar refractivity (Wildman–Crippen MR) is 98.5 cm³/mol. The molecule has 0 spiro atoms. The number of halogens is 2. The fraction of sp³-hybridized carbons (Fsp3) is 0.222. The van der Waals surface area contributed by atoms with Crippen LogP contribution in [0.25, 0.3) is 0 Å². The third kappa shape index (κ3) is 2.85. The standard InChI is InChI=1S/C18H15Cl2N3O3/c1-18-14(16(24)21-11-5-2-9(19)3-6-11)15(22-17(25)23-18)12-8-10(20)4-7-13(12)26-18/h2-8,14-15H,1H3,(H,21,24)(H2,22,23,25)/t14-,15+,18-/m1/s1. The zero-order valence-corrected chi connectivity index (χ0v) is 15.2. The van der Waals surface area contributed by atoms with Gasteiger partial charge in [-0.05, 0) is 49.4 Å². The molecule has 3 amide bonds. The van der Waals surface area contributed by atoms with Gasteiger partial charge in [-0.2, -0.15) is 0 Å². The number of ether oxygens (including phenoxy) is 1. The van der Waals surface area contributed by atoms with Gasteiger partial charge in [0, 0.05) is 21.3 Å². The summed E-state index contributed by atoms with van der Waals surface area (Å²) < 4.78 is 5.99. The Labute approximate surface area is 159 Å². The average molecular weight is 392 g/mol. The van der Waals surface area contributed by atoms with Crippen molar-refractivity contribution in [1.29, 1.82) is 0 Å². The van der Waals surface area contributed by atoms with Crippen LogP contribution in [0.2, 0.25) is 10.0 Å². The Morgan fingerprint density at radius 3 is 2.58 bits per heavy atom. The van der Waals surface area contributed by atoms with Crippen LogP contribution < -0.4 is 20.7 Å². The predicted octanol–water partition coefficient (Wildman–Crippen LogP) is 3.71. The van der Waals surface area contributed by atoms with E-state index in [2.05, 4.69) is 16.0 Å². The lowest BCUT2D eigenvalue weighted by atomic mass is 9.80. The van der Waals surface area contributed by atoms with Crippen molar-refractivity contribution >= 4 is 40.8 Å². The molecule has 0 radical (unpaired) electrons. The molecule has 134 valence electrons. The monoisotopic (exact) mass is 391 g/mol. The molecule has 26 heavy (non-hydrogen) atoms. The van der Waals surface area contributed by atoms with Gasteiger partial charge >= 0.3 is 6.03 Å². The Kier molecular flexibility index (Phi) is 3.97. The fourth-order valence-corrected chi connectivity index (χ4v) is 3.77. The van der Waals surface area contributed by atoms with Crippen LogP contribution in [0.1, 0.15) is 18.5 Å². The van der Waals surface area contributed by atoms with E-state index in [0.29, 0.717) is 27.0 Å². The van der Waals surface area contributed by atoms with Gasteiger partial charge in [-0.25, -0.2) is 4.79 Å². The average Bonchev–Trinajstić information content (AvgIpc) is 2.56. The maximum absolute atomic E-state index is 13.0. The number of benzene rings is 2. The number of hydrogen-bond donors (Lipinski definition) is 3. The molecule has 2 aliphatic rings. The van der Waals surface area contributed by atoms with Gasteiger partial charge in [-0.1, -0.05) is 23.2 Å². The van der Waals surface area contributed by atoms with Crippen molar-refractivity contribution in [2.45, 2.75) is 18.7 Å². The molecule has 2 aromatic carbocycles. The van der Waals surface area contributed by atoms with Crippen LogP contribution in [-0.2, 0) is 4.79 Å². The van der Waals surface area contributed by atoms with Gasteiger partial charge in [0.15, 0.2) is 5.72 Å². The SMILES string of the molecule is C[C@@]12NC(=O)N[C@@H](c3cc(Cl)ccc3O1)[C@@H]2C(=O)Nc1ccc(Cl)cc1. The van der Waals surface area contributed by atoms with Crippen molar-refractivity contribution in [3.63, 3.8) is 0 Å². The minimum atomic E-state index is -1.19. The molecular weight excluding hydrogens is 377 g/mol. The normalized spacial score (nSPS) is 26.0. The van der Waals surface area contributed by atoms with E-state index < -0.39 is 23.7 Å². The first-order chi connectivity index (χ1) is 12.4. The maximum Gasteiger partial charge on any atom is 0.318 e. The Morgan fingerprint density at radius 2 is 1.85 bits per heavy atom. The molecule has 1 fully saturated rings. The Bertz CT molecular complexity index is 903. The van der Waals surface area contributed by atoms with Gasteiger partial charge in [0.05, 0.1) is 6.04 Å². The zero-order chi connectivity index (χ0) is 18.5. The van der Waals surface area contributed by atoms with Crippen LogP contribution in [0.4, 0.5) is 10.5 Å². The quantitative estimate of drug-likeness (QED) is 0.729. The fourth-order valence-electron chi connectivity index (χ4n) is 3.47. The molecule has 2 aromatic rings. The Balaban J connectivity index is 1.71. The lowest BCUT2D eigenvalue weighted by molar-refractivity contribution is -0.133. The second-order valence-electron chi connectivity index (χ2n) is 6.44. The molecule has 0 unspecified atom stereocenters. The minimum absolute atomic E-state index is 0.294. The number of carbonyl (C=O) groups is 2. The van der Waals surface area contributed by atoms with Gasteiger partial charge in [-0.3, -0.25) is 10.1 Å². The summed E-state index contributed by atoms with van der Waals surface area (Å²) in [5.41, 5.74) is 0.0787. The van der Waals surface area contributed by atoms with Crippen LogP contribution in [0.15, 0.2) is 42.5 Å². The highest BCUT2D eigenvalue weighted by atomic mass is 35.5. The second-order valence-corrected chi connectivity index (χ2v) is 7.31. The molecule has 8 heteroatoms. The highest BCUT2D eigenvalue weighted by Crippen LogP contribution is 2.45. The van der Waals surface area contributed by atoms with Gasteiger partial charge < -0.3 is 15.4 Å². The van der Waals surface area contributed by atoms with Gasteiger partial charge in [0.25, 0.3) is 0 Å². The van der Waals surface area contributed by atoms with E-state index in [1.54, 1.807) is 49.4 Å². The third-order valence-electron chi connectivity index (χ3n) is 4.60. The molecule has 0 aromatic heterocycles. The van der Waals surface area contributed by atoms with E-state index in [-0.39, 0.29) is 5.91 Å². The van der Waals surface area contributed by atoms with E-state index >= 15 is 0 Å². The highest BCUT2D eigenvalue weighted by Gasteiger charge is 2.55. The molecular formula is C18H15Cl2N3O3. The lowest BCUT2D eigenvalue weighted by Gasteiger charge is -2.49. The third-order valence-corrected chi connectivity index (χ3v) is 5.09. The molecule has 2 heterocycles. The highest BCUT2D eigenvalue weighted by molar-refractivity contribution is 6.31. The van der Waals surface area contributed by atoms with Crippen molar-refractivity contribution in [2.24, 2.45) is 5.92 Å². The van der Waals surface area contributed by atoms with Crippen LogP contribution in [0.3, 0.4) is 0 Å². The largest absolute Gasteiger partial charge is 0.467 e. The molecule has 6 nitrogen and oxygen atoms in total. The number of rotatable bonds is 2. The molecule has 2 bridgehead atoms. The van der Waals surface area contributed by atoms with Crippen LogP contribution in [0, 0.1) is 5.92 Å². The van der Waals surface area contributed by atoms with E-state index in [0.717, 1.165) is 0 Å². The molecule has 0 aliphatic carbocycles. The molecule has 4 rings (SSSR count). The number of anilines is 1. The van der Waals surface area contributed by atoms with Gasteiger partial charge in [0.1, 0.15) is 11.7 Å². The van der Waals surface area contributed by atoms with Crippen molar-refractivity contribution in [3.8, 4) is 5.75 Å². The first-order valence-electron chi connectivity index (χ1n) is 7.99. The topological polar surface area (TPSA) is 79.5 Å². The number of carbonyl (C=O) groups excluding carboxylic acids is 2. The summed E-state index contributed by atoms with van der Waals surface area (Å²) in [5, 5.41) is 9.46. The Morgan fingerprint density at radius 1 is 1.15 bits per heavy atom. The molecule has 2 aliphatic heterocycles. The number of nitrogens with one attached hydrogen (secondary N) is 3.